The van der Waals surface area contributed by atoms with E-state index in [1.165, 1.54) is 44.9 Å². The summed E-state index contributed by atoms with van der Waals surface area (Å²) in [6.45, 7) is 2.32. The lowest BCUT2D eigenvalue weighted by atomic mass is 9.85. The molecule has 2 aliphatic carbocycles. The lowest BCUT2D eigenvalue weighted by molar-refractivity contribution is 0.327. The Bertz CT molecular complexity index is 361. The minimum Gasteiger partial charge on any atom is -0.353 e. The Morgan fingerprint density at radius 2 is 2.00 bits per heavy atom. The van der Waals surface area contributed by atoms with E-state index in [0.717, 1.165) is 17.9 Å². The highest BCUT2D eigenvalue weighted by Crippen LogP contribution is 2.37. The van der Waals surface area contributed by atoms with Gasteiger partial charge in [0, 0.05) is 24.5 Å². The van der Waals surface area contributed by atoms with Gasteiger partial charge in [0.1, 0.15) is 0 Å². The summed E-state index contributed by atoms with van der Waals surface area (Å²) >= 11 is 0. The van der Waals surface area contributed by atoms with Crippen LogP contribution in [0.25, 0.3) is 0 Å². The highest BCUT2D eigenvalue weighted by molar-refractivity contribution is 5.29. The standard InChI is InChI=1S/C14H23N3/c1-11(12-5-3-2-4-6-12)16-14-15-9-10-17(14)13-7-8-13/h9-13H,2-8H2,1H3,(H,15,16). The molecule has 3 rings (SSSR count). The molecule has 0 aliphatic heterocycles. The van der Waals surface area contributed by atoms with Gasteiger partial charge in [0.15, 0.2) is 0 Å². The van der Waals surface area contributed by atoms with Gasteiger partial charge in [-0.3, -0.25) is 0 Å². The summed E-state index contributed by atoms with van der Waals surface area (Å²) in [4.78, 5) is 4.46. The fraction of sp³-hybridized carbons (Fsp3) is 0.786. The van der Waals surface area contributed by atoms with Crippen molar-refractivity contribution < 1.29 is 0 Å². The van der Waals surface area contributed by atoms with Gasteiger partial charge in [0.25, 0.3) is 0 Å². The summed E-state index contributed by atoms with van der Waals surface area (Å²) in [5.41, 5.74) is 0. The first-order valence-corrected chi connectivity index (χ1v) is 7.14. The van der Waals surface area contributed by atoms with Crippen molar-refractivity contribution in [1.29, 1.82) is 0 Å². The smallest absolute Gasteiger partial charge is 0.203 e. The fourth-order valence-corrected chi connectivity index (χ4v) is 3.03. The first kappa shape index (κ1) is 11.1. The van der Waals surface area contributed by atoms with Gasteiger partial charge in [-0.05, 0) is 38.5 Å². The number of anilines is 1. The molecule has 1 atom stereocenters. The number of rotatable bonds is 4. The second kappa shape index (κ2) is 4.71. The third-order valence-electron chi connectivity index (χ3n) is 4.32. The maximum absolute atomic E-state index is 4.46. The third kappa shape index (κ3) is 2.48. The first-order valence-electron chi connectivity index (χ1n) is 7.14. The van der Waals surface area contributed by atoms with Crippen molar-refractivity contribution in [3.8, 4) is 0 Å². The molecular weight excluding hydrogens is 210 g/mol. The van der Waals surface area contributed by atoms with Gasteiger partial charge in [-0.15, -0.1) is 0 Å². The topological polar surface area (TPSA) is 29.9 Å². The Hall–Kier alpha value is -0.990. The van der Waals surface area contributed by atoms with Crippen LogP contribution in [0, 0.1) is 5.92 Å². The van der Waals surface area contributed by atoms with Crippen molar-refractivity contribution in [2.75, 3.05) is 5.32 Å². The van der Waals surface area contributed by atoms with E-state index in [1.807, 2.05) is 6.20 Å². The van der Waals surface area contributed by atoms with Gasteiger partial charge < -0.3 is 9.88 Å². The average molecular weight is 233 g/mol. The van der Waals surface area contributed by atoms with E-state index in [2.05, 4.69) is 28.0 Å². The van der Waals surface area contributed by atoms with Crippen LogP contribution in [0.5, 0.6) is 0 Å². The van der Waals surface area contributed by atoms with Crippen molar-refractivity contribution in [3.63, 3.8) is 0 Å². The second-order valence-corrected chi connectivity index (χ2v) is 5.72. The van der Waals surface area contributed by atoms with Crippen molar-refractivity contribution in [1.82, 2.24) is 9.55 Å². The molecule has 3 nitrogen and oxygen atoms in total. The third-order valence-corrected chi connectivity index (χ3v) is 4.32. The average Bonchev–Trinajstić information content (AvgIpc) is 3.11. The van der Waals surface area contributed by atoms with E-state index in [0.29, 0.717) is 6.04 Å². The lowest BCUT2D eigenvalue weighted by Crippen LogP contribution is -2.29. The van der Waals surface area contributed by atoms with Crippen molar-refractivity contribution in [2.24, 2.45) is 5.92 Å². The summed E-state index contributed by atoms with van der Waals surface area (Å²) < 4.78 is 2.32. The number of imidazole rings is 1. The van der Waals surface area contributed by atoms with Crippen molar-refractivity contribution in [3.05, 3.63) is 12.4 Å². The predicted molar refractivity (Wildman–Crippen MR) is 70.2 cm³/mol. The molecule has 0 amide bonds. The number of nitrogens with one attached hydrogen (secondary N) is 1. The highest BCUT2D eigenvalue weighted by Gasteiger charge is 2.27. The minimum absolute atomic E-state index is 0.565. The van der Waals surface area contributed by atoms with Gasteiger partial charge in [-0.2, -0.15) is 0 Å². The van der Waals surface area contributed by atoms with Gasteiger partial charge >= 0.3 is 0 Å². The molecule has 2 saturated carbocycles. The maximum atomic E-state index is 4.46. The monoisotopic (exact) mass is 233 g/mol. The van der Waals surface area contributed by atoms with Crippen LogP contribution in [0.1, 0.15) is 57.9 Å². The molecule has 0 spiro atoms. The van der Waals surface area contributed by atoms with Crippen LogP contribution >= 0.6 is 0 Å². The van der Waals surface area contributed by atoms with Gasteiger partial charge in [-0.1, -0.05) is 19.3 Å². The highest BCUT2D eigenvalue weighted by atomic mass is 15.2. The number of nitrogens with zero attached hydrogens (tertiary/aromatic N) is 2. The van der Waals surface area contributed by atoms with Crippen LogP contribution in [-0.2, 0) is 0 Å². The van der Waals surface area contributed by atoms with Gasteiger partial charge in [0.2, 0.25) is 5.95 Å². The van der Waals surface area contributed by atoms with E-state index in [1.54, 1.807) is 0 Å². The second-order valence-electron chi connectivity index (χ2n) is 5.72. The fourth-order valence-electron chi connectivity index (χ4n) is 3.03. The summed E-state index contributed by atoms with van der Waals surface area (Å²) in [5.74, 6) is 1.93. The molecular formula is C14H23N3. The van der Waals surface area contributed by atoms with Crippen LogP contribution in [0.2, 0.25) is 0 Å². The molecule has 1 aromatic rings. The summed E-state index contributed by atoms with van der Waals surface area (Å²) in [5, 5.41) is 3.63. The largest absolute Gasteiger partial charge is 0.353 e. The lowest BCUT2D eigenvalue weighted by Gasteiger charge is -2.28. The van der Waals surface area contributed by atoms with Crippen LogP contribution in [0.15, 0.2) is 12.4 Å². The molecule has 1 heterocycles. The van der Waals surface area contributed by atoms with Gasteiger partial charge in [0.05, 0.1) is 0 Å². The Morgan fingerprint density at radius 1 is 1.24 bits per heavy atom. The predicted octanol–water partition coefficient (Wildman–Crippen LogP) is 3.60. The Morgan fingerprint density at radius 3 is 2.71 bits per heavy atom. The zero-order valence-electron chi connectivity index (χ0n) is 10.7. The normalized spacial score (nSPS) is 23.6. The van der Waals surface area contributed by atoms with Crippen LogP contribution in [0.4, 0.5) is 5.95 Å². The Labute approximate surface area is 104 Å². The quantitative estimate of drug-likeness (QED) is 0.861. The molecule has 94 valence electrons. The Balaban J connectivity index is 1.62. The molecule has 1 aromatic heterocycles. The van der Waals surface area contributed by atoms with Crippen molar-refractivity contribution in [2.45, 2.75) is 64.0 Å². The molecule has 0 radical (unpaired) electrons. The molecule has 3 heteroatoms. The number of hydrogen-bond donors (Lipinski definition) is 1. The number of aromatic nitrogens is 2. The molecule has 1 unspecified atom stereocenters. The molecule has 2 aliphatic rings. The zero-order chi connectivity index (χ0) is 11.7. The molecule has 0 bridgehead atoms. The van der Waals surface area contributed by atoms with Crippen LogP contribution in [-0.4, -0.2) is 15.6 Å². The summed E-state index contributed by atoms with van der Waals surface area (Å²) in [6, 6.07) is 1.29. The van der Waals surface area contributed by atoms with E-state index in [-0.39, 0.29) is 0 Å². The van der Waals surface area contributed by atoms with E-state index < -0.39 is 0 Å². The summed E-state index contributed by atoms with van der Waals surface area (Å²) in [7, 11) is 0. The van der Waals surface area contributed by atoms with E-state index in [9.17, 15) is 0 Å². The molecule has 2 fully saturated rings. The van der Waals surface area contributed by atoms with Crippen LogP contribution in [0.3, 0.4) is 0 Å². The Kier molecular flexibility index (Phi) is 3.08. The van der Waals surface area contributed by atoms with Gasteiger partial charge in [-0.25, -0.2) is 4.98 Å². The minimum atomic E-state index is 0.565. The molecule has 0 aromatic carbocycles. The van der Waals surface area contributed by atoms with E-state index in [4.69, 9.17) is 0 Å². The molecule has 0 saturated heterocycles. The first-order chi connectivity index (χ1) is 8.34. The van der Waals surface area contributed by atoms with Crippen molar-refractivity contribution >= 4 is 5.95 Å². The zero-order valence-corrected chi connectivity index (χ0v) is 10.7. The molecule has 1 N–H and O–H groups in total. The van der Waals surface area contributed by atoms with E-state index >= 15 is 0 Å². The number of hydrogen-bond acceptors (Lipinski definition) is 2. The van der Waals surface area contributed by atoms with Crippen LogP contribution < -0.4 is 5.32 Å². The SMILES string of the molecule is CC(Nc1nccn1C1CC1)C1CCCCC1. The summed E-state index contributed by atoms with van der Waals surface area (Å²) in [6.07, 6.45) is 13.7. The molecule has 17 heavy (non-hydrogen) atoms. The maximum Gasteiger partial charge on any atom is 0.203 e.